The first-order valence-corrected chi connectivity index (χ1v) is 21.8. The van der Waals surface area contributed by atoms with Crippen LogP contribution in [-0.4, -0.2) is 21.4 Å². The van der Waals surface area contributed by atoms with Crippen molar-refractivity contribution in [2.24, 2.45) is 50.2 Å². The number of hydrogen-bond acceptors (Lipinski definition) is 4. The second kappa shape index (κ2) is 12.9. The third kappa shape index (κ3) is 5.71. The van der Waals surface area contributed by atoms with Gasteiger partial charge in [0.25, 0.3) is 0 Å². The van der Waals surface area contributed by atoms with Crippen molar-refractivity contribution >= 4 is 17.5 Å². The van der Waals surface area contributed by atoms with Gasteiger partial charge in [-0.05, 0) is 0 Å². The molecule has 6 rings (SSSR count). The van der Waals surface area contributed by atoms with E-state index >= 15 is 0 Å². The second-order valence-electron chi connectivity index (χ2n) is 18.9. The van der Waals surface area contributed by atoms with E-state index in [0.717, 1.165) is 50.5 Å². The predicted octanol–water partition coefficient (Wildman–Crippen LogP) is 6.61. The molecule has 6 heteroatoms. The molecule has 0 bridgehead atoms. The summed E-state index contributed by atoms with van der Waals surface area (Å²) in [5, 5.41) is 10.0. The van der Waals surface area contributed by atoms with Crippen molar-refractivity contribution in [3.05, 3.63) is 23.3 Å². The van der Waals surface area contributed by atoms with Crippen molar-refractivity contribution in [1.29, 1.82) is 5.26 Å². The van der Waals surface area contributed by atoms with E-state index in [4.69, 9.17) is 0 Å². The minimum absolute atomic E-state index is 0.0267. The summed E-state index contributed by atoms with van der Waals surface area (Å²) in [6.45, 7) is 15.6. The van der Waals surface area contributed by atoms with Gasteiger partial charge >= 0.3 is 293 Å². The number of rotatable bonds is 3. The molecule has 266 valence electrons. The Bertz CT molecular complexity index is 1420. The van der Waals surface area contributed by atoms with Crippen LogP contribution < -0.4 is 25.0 Å². The number of Topliss-reactive ketones (excluding diaryl/α,β-unsaturated/α-hetero) is 1. The van der Waals surface area contributed by atoms with Crippen LogP contribution in [-0.2, 0) is 14.4 Å². The Morgan fingerprint density at radius 1 is 0.833 bits per heavy atom. The van der Waals surface area contributed by atoms with Gasteiger partial charge in [0.05, 0.1) is 0 Å². The number of fused-ring (bicyclic) bond motifs is 7. The number of nitrogens with one attached hydrogen (secondary N) is 1. The molecule has 0 aromatic carbocycles. The summed E-state index contributed by atoms with van der Waals surface area (Å²) in [6.07, 6.45) is 23.5. The van der Waals surface area contributed by atoms with Crippen LogP contribution in [0, 0.1) is 61.6 Å². The zero-order chi connectivity index (χ0) is 34.8. The fourth-order valence-electron chi connectivity index (χ4n) is 12.3. The van der Waals surface area contributed by atoms with Gasteiger partial charge in [-0.2, -0.15) is 5.26 Å². The number of ketones is 2. The van der Waals surface area contributed by atoms with Crippen LogP contribution in [0.15, 0.2) is 23.3 Å². The second-order valence-corrected chi connectivity index (χ2v) is 21.9. The van der Waals surface area contributed by atoms with Crippen LogP contribution in [0.3, 0.4) is 0 Å². The van der Waals surface area contributed by atoms with E-state index in [2.05, 4.69) is 44.2 Å². The van der Waals surface area contributed by atoms with Crippen LogP contribution in [0.2, 0.25) is 0 Å². The van der Waals surface area contributed by atoms with Gasteiger partial charge in [0.2, 0.25) is 0 Å². The van der Waals surface area contributed by atoms with Crippen molar-refractivity contribution in [2.45, 2.75) is 162 Å². The average molecular weight is 770 g/mol. The number of allylic oxidation sites excluding steroid dienone is 4. The molecule has 6 aliphatic carbocycles. The topological polar surface area (TPSA) is 87.0 Å². The molecule has 4 saturated carbocycles. The Balaban J connectivity index is 1.34. The zero-order valence-electron chi connectivity index (χ0n) is 31.0. The first kappa shape index (κ1) is 36.3. The van der Waals surface area contributed by atoms with E-state index in [-0.39, 0.29) is 57.0 Å². The van der Waals surface area contributed by atoms with Gasteiger partial charge in [-0.25, -0.2) is 0 Å². The van der Waals surface area contributed by atoms with Gasteiger partial charge in [0.15, 0.2) is 0 Å². The zero-order valence-corrected chi connectivity index (χ0v) is 33.2. The van der Waals surface area contributed by atoms with E-state index < -0.39 is 37.7 Å². The predicted molar refractivity (Wildman–Crippen MR) is 187 cm³/mol. The molecule has 6 aliphatic rings. The van der Waals surface area contributed by atoms with Crippen LogP contribution >= 0.6 is 0 Å². The molecular formula is C42H62IN2O3-. The quantitative estimate of drug-likeness (QED) is 0.199. The average Bonchev–Trinajstić information content (AvgIpc) is 3.08. The van der Waals surface area contributed by atoms with Crippen LogP contribution in [0.5, 0.6) is 0 Å². The standard InChI is InChI=1S/C42H62IN2O3/c1-37(2)20-22-42(36(48)45-43-29-16-14-12-10-8-9-11-13-15-17-29)23-21-41(7)34(30(42)26-37)31(46)24-33-39(5)25-28(27-44)35(47)38(3,4)32(39)18-19-40(33,41)6/h24-25,29-30,32,34H,8-23,26H2,1-7H3,(H,45,48)/q-1/t30-,32-,34-,39-,40+,41+,42?/m0/s1. The molecule has 0 radical (unpaired) electrons. The summed E-state index contributed by atoms with van der Waals surface area (Å²) in [7, 11) is 0. The van der Waals surface area contributed by atoms with E-state index in [1.54, 1.807) is 0 Å². The summed E-state index contributed by atoms with van der Waals surface area (Å²) in [5.74, 6) is 0.261. The van der Waals surface area contributed by atoms with Crippen LogP contribution in [0.25, 0.3) is 0 Å². The number of carbonyl (C=O) groups is 3. The molecule has 4 fully saturated rings. The number of alkyl halides is 1. The summed E-state index contributed by atoms with van der Waals surface area (Å²) in [6, 6.07) is 2.22. The van der Waals surface area contributed by atoms with E-state index in [1.165, 1.54) is 64.2 Å². The number of halogens is 1. The van der Waals surface area contributed by atoms with Crippen molar-refractivity contribution in [1.82, 2.24) is 3.53 Å². The fourth-order valence-corrected chi connectivity index (χ4v) is 15.1. The summed E-state index contributed by atoms with van der Waals surface area (Å²) < 4.78 is 4.33. The first-order valence-electron chi connectivity index (χ1n) is 19.4. The Hall–Kier alpha value is -1.49. The number of carbonyl (C=O) groups excluding carboxylic acids is 3. The summed E-state index contributed by atoms with van der Waals surface area (Å²) >= 11 is -0.447. The fraction of sp³-hybridized carbons (Fsp3) is 0.810. The van der Waals surface area contributed by atoms with E-state index in [9.17, 15) is 19.6 Å². The number of nitriles is 1. The van der Waals surface area contributed by atoms with E-state index in [1.807, 2.05) is 26.0 Å². The van der Waals surface area contributed by atoms with Crippen molar-refractivity contribution in [3.63, 3.8) is 0 Å². The molecule has 0 spiro atoms. The molecular weight excluding hydrogens is 707 g/mol. The van der Waals surface area contributed by atoms with Gasteiger partial charge in [-0.1, -0.05) is 0 Å². The molecule has 0 heterocycles. The number of hydrogen-bond donors (Lipinski definition) is 1. The normalized spacial score (nSPS) is 41.6. The Morgan fingerprint density at radius 3 is 2.06 bits per heavy atom. The van der Waals surface area contributed by atoms with Crippen molar-refractivity contribution in [2.75, 3.05) is 0 Å². The first-order chi connectivity index (χ1) is 22.6. The van der Waals surface area contributed by atoms with Gasteiger partial charge in [-0.15, -0.1) is 0 Å². The maximum absolute atomic E-state index is 14.9. The number of nitrogens with zero attached hydrogens (tertiary/aromatic N) is 1. The van der Waals surface area contributed by atoms with Crippen LogP contribution in [0.4, 0.5) is 0 Å². The Kier molecular flexibility index (Phi) is 9.78. The Morgan fingerprint density at radius 2 is 1.44 bits per heavy atom. The maximum atomic E-state index is 14.9. The molecule has 0 aliphatic heterocycles. The molecule has 0 aromatic heterocycles. The van der Waals surface area contributed by atoms with Crippen molar-refractivity contribution in [3.8, 4) is 6.07 Å². The summed E-state index contributed by atoms with van der Waals surface area (Å²) in [5.41, 5.74) is -0.754. The molecule has 1 amide bonds. The molecule has 0 saturated heterocycles. The van der Waals surface area contributed by atoms with Crippen LogP contribution in [0.1, 0.15) is 158 Å². The molecule has 1 N–H and O–H groups in total. The molecule has 1 unspecified atom stereocenters. The SMILES string of the molecule is CC1(C)CCC2(C(=O)N[I-]C3CCCCCCCCCC3)CC[C@]3(C)[C@H](C(=O)C=C4[C@@]5(C)C=C(C#N)C(=O)C(C)(C)[C@@H]5CC[C@]43C)[C@@H]2C1. The number of amides is 1. The van der Waals surface area contributed by atoms with E-state index in [0.29, 0.717) is 3.92 Å². The third-order valence-electron chi connectivity index (χ3n) is 15.4. The van der Waals surface area contributed by atoms with Gasteiger partial charge in [-0.3, -0.25) is 4.79 Å². The van der Waals surface area contributed by atoms with Gasteiger partial charge in [0, 0.05) is 0 Å². The van der Waals surface area contributed by atoms with Crippen molar-refractivity contribution < 1.29 is 35.9 Å². The van der Waals surface area contributed by atoms with Gasteiger partial charge in [0.1, 0.15) is 0 Å². The summed E-state index contributed by atoms with van der Waals surface area (Å²) in [4.78, 5) is 43.0. The van der Waals surface area contributed by atoms with Gasteiger partial charge < -0.3 is 0 Å². The molecule has 5 nitrogen and oxygen atoms in total. The Labute approximate surface area is 301 Å². The molecule has 7 atom stereocenters. The molecule has 0 aromatic rings. The minimum atomic E-state index is -0.665. The third-order valence-corrected chi connectivity index (χ3v) is 18.3. The monoisotopic (exact) mass is 769 g/mol. The molecule has 48 heavy (non-hydrogen) atoms.